The van der Waals surface area contributed by atoms with E-state index in [-0.39, 0.29) is 16.7 Å². The van der Waals surface area contributed by atoms with Gasteiger partial charge in [-0.3, -0.25) is 4.79 Å². The summed E-state index contributed by atoms with van der Waals surface area (Å²) in [5, 5.41) is 10.9. The molecular weight excluding hydrogens is 356 g/mol. The van der Waals surface area contributed by atoms with Gasteiger partial charge < -0.3 is 14.9 Å². The summed E-state index contributed by atoms with van der Waals surface area (Å²) in [6.07, 6.45) is 1.98. The van der Waals surface area contributed by atoms with Crippen molar-refractivity contribution in [1.29, 1.82) is 0 Å². The van der Waals surface area contributed by atoms with Crippen molar-refractivity contribution in [2.75, 3.05) is 33.1 Å². The molecule has 0 atom stereocenters. The summed E-state index contributed by atoms with van der Waals surface area (Å²) < 4.78 is 0. The quantitative estimate of drug-likeness (QED) is 0.773. The van der Waals surface area contributed by atoms with Gasteiger partial charge in [0.2, 0.25) is 0 Å². The summed E-state index contributed by atoms with van der Waals surface area (Å²) >= 11 is 1.59. The monoisotopic (exact) mass is 390 g/mol. The fourth-order valence-corrected chi connectivity index (χ4v) is 4.06. The Labute approximate surface area is 168 Å². The minimum Gasteiger partial charge on any atom is -0.507 e. The van der Waals surface area contributed by atoms with Gasteiger partial charge in [-0.1, -0.05) is 53.3 Å². The Hall–Kier alpha value is -1.46. The number of thioether (sulfide) groups is 1. The third-order valence-corrected chi connectivity index (χ3v) is 5.78. The van der Waals surface area contributed by atoms with E-state index in [0.29, 0.717) is 11.6 Å². The van der Waals surface area contributed by atoms with Crippen molar-refractivity contribution in [2.45, 2.75) is 52.4 Å². The molecule has 0 unspecified atom stereocenters. The molecule has 0 spiro atoms. The smallest absolute Gasteiger partial charge is 0.261 e. The van der Waals surface area contributed by atoms with Gasteiger partial charge >= 0.3 is 0 Å². The number of hydrogen-bond acceptors (Lipinski definition) is 4. The van der Waals surface area contributed by atoms with E-state index in [9.17, 15) is 9.90 Å². The van der Waals surface area contributed by atoms with Crippen molar-refractivity contribution in [2.24, 2.45) is 0 Å². The molecular formula is C22H34N2O2S. The maximum absolute atomic E-state index is 12.7. The Morgan fingerprint density at radius 2 is 1.63 bits per heavy atom. The normalized spacial score (nSPS) is 17.4. The molecule has 150 valence electrons. The lowest BCUT2D eigenvalue weighted by molar-refractivity contribution is -0.124. The van der Waals surface area contributed by atoms with Crippen LogP contribution in [0.15, 0.2) is 17.0 Å². The van der Waals surface area contributed by atoms with Gasteiger partial charge in [-0.05, 0) is 48.7 Å². The number of hydrogen-bond donors (Lipinski definition) is 1. The molecule has 0 bridgehead atoms. The number of phenolic OH excluding ortho intramolecular Hbond substituents is 1. The van der Waals surface area contributed by atoms with E-state index in [1.54, 1.807) is 11.8 Å². The van der Waals surface area contributed by atoms with Gasteiger partial charge in [0.1, 0.15) is 5.75 Å². The molecule has 0 aliphatic carbocycles. The number of nitrogens with zero attached hydrogens (tertiary/aromatic N) is 2. The van der Waals surface area contributed by atoms with E-state index in [2.05, 4.69) is 46.4 Å². The van der Waals surface area contributed by atoms with Crippen molar-refractivity contribution in [3.05, 3.63) is 33.7 Å². The highest BCUT2D eigenvalue weighted by molar-refractivity contribution is 8.04. The fraction of sp³-hybridized carbons (Fsp3) is 0.591. The second-order valence-corrected chi connectivity index (χ2v) is 10.6. The van der Waals surface area contributed by atoms with E-state index in [4.69, 9.17) is 0 Å². The van der Waals surface area contributed by atoms with Crippen LogP contribution in [0.1, 0.15) is 58.2 Å². The molecule has 1 amide bonds. The van der Waals surface area contributed by atoms with Gasteiger partial charge in [0, 0.05) is 24.2 Å². The van der Waals surface area contributed by atoms with Gasteiger partial charge in [0.15, 0.2) is 0 Å². The molecule has 5 heteroatoms. The number of phenols is 1. The Balaban J connectivity index is 2.41. The molecule has 1 saturated heterocycles. The molecule has 2 rings (SSSR count). The second kappa shape index (κ2) is 7.88. The fourth-order valence-electron chi connectivity index (χ4n) is 3.05. The molecule has 1 aromatic rings. The highest BCUT2D eigenvalue weighted by Gasteiger charge is 2.29. The molecule has 27 heavy (non-hydrogen) atoms. The lowest BCUT2D eigenvalue weighted by Gasteiger charge is -2.28. The largest absolute Gasteiger partial charge is 0.507 e. The lowest BCUT2D eigenvalue weighted by atomic mass is 9.78. The number of amides is 1. The molecule has 0 radical (unpaired) electrons. The first-order valence-corrected chi connectivity index (χ1v) is 10.5. The number of benzene rings is 1. The lowest BCUT2D eigenvalue weighted by Crippen LogP contribution is -2.32. The first kappa shape index (κ1) is 21.8. The van der Waals surface area contributed by atoms with Gasteiger partial charge in [-0.15, -0.1) is 0 Å². The van der Waals surface area contributed by atoms with E-state index in [1.807, 2.05) is 37.2 Å². The average Bonchev–Trinajstić information content (AvgIpc) is 2.85. The first-order valence-electron chi connectivity index (χ1n) is 9.47. The summed E-state index contributed by atoms with van der Waals surface area (Å²) in [4.78, 5) is 17.5. The van der Waals surface area contributed by atoms with Crippen molar-refractivity contribution in [1.82, 2.24) is 9.80 Å². The molecule has 0 aromatic heterocycles. The number of aromatic hydroxyl groups is 1. The van der Waals surface area contributed by atoms with Crippen LogP contribution in [0.5, 0.6) is 5.75 Å². The second-order valence-electron chi connectivity index (χ2n) is 9.62. The summed E-state index contributed by atoms with van der Waals surface area (Å²) in [6.45, 7) is 14.2. The van der Waals surface area contributed by atoms with Gasteiger partial charge in [0.25, 0.3) is 5.91 Å². The number of carbonyl (C=O) groups is 1. The van der Waals surface area contributed by atoms with E-state index < -0.39 is 0 Å². The summed E-state index contributed by atoms with van der Waals surface area (Å²) in [5.41, 5.74) is 2.46. The molecule has 1 aromatic carbocycles. The predicted octanol–water partition coefficient (Wildman–Crippen LogP) is 4.42. The zero-order valence-corrected chi connectivity index (χ0v) is 18.8. The van der Waals surface area contributed by atoms with E-state index >= 15 is 0 Å². The van der Waals surface area contributed by atoms with Crippen LogP contribution in [0.4, 0.5) is 0 Å². The Morgan fingerprint density at radius 1 is 1.11 bits per heavy atom. The van der Waals surface area contributed by atoms with Crippen LogP contribution in [-0.2, 0) is 15.6 Å². The summed E-state index contributed by atoms with van der Waals surface area (Å²) in [5.74, 6) is 1.18. The zero-order chi connectivity index (χ0) is 20.6. The highest BCUT2D eigenvalue weighted by atomic mass is 32.2. The predicted molar refractivity (Wildman–Crippen MR) is 116 cm³/mol. The highest BCUT2D eigenvalue weighted by Crippen LogP contribution is 2.41. The summed E-state index contributed by atoms with van der Waals surface area (Å²) in [6, 6.07) is 4.04. The molecule has 1 heterocycles. The van der Waals surface area contributed by atoms with Crippen molar-refractivity contribution >= 4 is 23.7 Å². The number of carbonyl (C=O) groups excluding carboxylic acids is 1. The minimum atomic E-state index is -0.177. The first-order chi connectivity index (χ1) is 12.3. The minimum absolute atomic E-state index is 0.101. The molecule has 1 aliphatic rings. The van der Waals surface area contributed by atoms with E-state index in [1.165, 1.54) is 0 Å². The van der Waals surface area contributed by atoms with Crippen LogP contribution < -0.4 is 0 Å². The van der Waals surface area contributed by atoms with Crippen LogP contribution in [0, 0.1) is 0 Å². The topological polar surface area (TPSA) is 43.8 Å². The molecule has 1 aliphatic heterocycles. The van der Waals surface area contributed by atoms with Crippen molar-refractivity contribution < 1.29 is 9.90 Å². The van der Waals surface area contributed by atoms with Crippen LogP contribution >= 0.6 is 11.8 Å². The molecule has 4 nitrogen and oxygen atoms in total. The standard InChI is InChI=1S/C22H34N2O2S/c1-21(2,3)16-11-15(12-17(19(16)25)22(4,5)6)13-18-20(26)24(14-27-18)10-9-23(7)8/h11-13,25H,9-10,14H2,1-8H3. The van der Waals surface area contributed by atoms with Gasteiger partial charge in [-0.2, -0.15) is 0 Å². The SMILES string of the molecule is CN(C)CCN1CSC(=Cc2cc(C(C)(C)C)c(O)c(C(C)(C)C)c2)C1=O. The number of likely N-dealkylation sites (N-methyl/N-ethyl adjacent to an activating group) is 1. The maximum atomic E-state index is 12.7. The Bertz CT molecular complexity index is 705. The molecule has 0 saturated carbocycles. The van der Waals surface area contributed by atoms with Crippen LogP contribution in [0.2, 0.25) is 0 Å². The van der Waals surface area contributed by atoms with Crippen LogP contribution in [0.3, 0.4) is 0 Å². The summed E-state index contributed by atoms with van der Waals surface area (Å²) in [7, 11) is 4.03. The Morgan fingerprint density at radius 3 is 2.07 bits per heavy atom. The van der Waals surface area contributed by atoms with Gasteiger partial charge in [0.05, 0.1) is 10.8 Å². The number of rotatable bonds is 4. The Kier molecular flexibility index (Phi) is 6.37. The molecule has 1 fully saturated rings. The average molecular weight is 391 g/mol. The third-order valence-electron chi connectivity index (χ3n) is 4.74. The van der Waals surface area contributed by atoms with Crippen LogP contribution in [0.25, 0.3) is 6.08 Å². The van der Waals surface area contributed by atoms with Crippen LogP contribution in [-0.4, -0.2) is 53.9 Å². The van der Waals surface area contributed by atoms with Crippen molar-refractivity contribution in [3.8, 4) is 5.75 Å². The zero-order valence-electron chi connectivity index (χ0n) is 18.0. The third kappa shape index (κ3) is 5.29. The molecule has 1 N–H and O–H groups in total. The van der Waals surface area contributed by atoms with E-state index in [0.717, 1.165) is 34.7 Å². The van der Waals surface area contributed by atoms with Crippen molar-refractivity contribution in [3.63, 3.8) is 0 Å². The maximum Gasteiger partial charge on any atom is 0.261 e. The van der Waals surface area contributed by atoms with Gasteiger partial charge in [-0.25, -0.2) is 0 Å².